The number of hydrogen-bond acceptors (Lipinski definition) is 0. The van der Waals surface area contributed by atoms with Gasteiger partial charge in [-0.3, -0.25) is 0 Å². The van der Waals surface area contributed by atoms with Crippen molar-refractivity contribution in [2.45, 2.75) is 93.9 Å². The SMILES string of the molecule is CC.CCCC.CCCC.CCCC. The molecule has 0 nitrogen and oxygen atoms in total. The van der Waals surface area contributed by atoms with Crippen molar-refractivity contribution in [2.75, 3.05) is 0 Å². The summed E-state index contributed by atoms with van der Waals surface area (Å²) in [5.41, 5.74) is 0. The number of rotatable bonds is 3. The predicted molar refractivity (Wildman–Crippen MR) is 73.1 cm³/mol. The summed E-state index contributed by atoms with van der Waals surface area (Å²) < 4.78 is 0. The second kappa shape index (κ2) is 52.0. The van der Waals surface area contributed by atoms with Crippen LogP contribution >= 0.6 is 0 Å². The normalized spacial score (nSPS) is 6.86. The van der Waals surface area contributed by atoms with Gasteiger partial charge in [-0.2, -0.15) is 0 Å². The van der Waals surface area contributed by atoms with Gasteiger partial charge in [-0.05, 0) is 0 Å². The summed E-state index contributed by atoms with van der Waals surface area (Å²) in [6.45, 7) is 17.1. The molecule has 0 heterocycles. The van der Waals surface area contributed by atoms with Gasteiger partial charge < -0.3 is 0 Å². The maximum absolute atomic E-state index is 2.18. The van der Waals surface area contributed by atoms with E-state index < -0.39 is 0 Å². The first kappa shape index (κ1) is 23.7. The molecule has 0 saturated carbocycles. The molecular formula is C14H36. The van der Waals surface area contributed by atoms with Gasteiger partial charge in [0, 0.05) is 0 Å². The van der Waals surface area contributed by atoms with E-state index >= 15 is 0 Å². The zero-order valence-electron chi connectivity index (χ0n) is 12.2. The van der Waals surface area contributed by atoms with E-state index in [9.17, 15) is 0 Å². The Morgan fingerprint density at radius 3 is 0.429 bits per heavy atom. The zero-order chi connectivity index (χ0) is 12.2. The molecule has 0 aromatic carbocycles. The van der Waals surface area contributed by atoms with E-state index in [1.807, 2.05) is 13.8 Å². The molecule has 0 saturated heterocycles. The summed E-state index contributed by atoms with van der Waals surface area (Å²) in [5, 5.41) is 0. The second-order valence-electron chi connectivity index (χ2n) is 3.00. The van der Waals surface area contributed by atoms with Gasteiger partial charge in [0.25, 0.3) is 0 Å². The summed E-state index contributed by atoms with van der Waals surface area (Å²) in [6.07, 6.45) is 7.92. The Labute approximate surface area is 94.5 Å². The summed E-state index contributed by atoms with van der Waals surface area (Å²) in [7, 11) is 0. The van der Waals surface area contributed by atoms with Crippen molar-refractivity contribution in [3.63, 3.8) is 0 Å². The van der Waals surface area contributed by atoms with Gasteiger partial charge in [-0.1, -0.05) is 93.9 Å². The van der Waals surface area contributed by atoms with Crippen LogP contribution in [0, 0.1) is 0 Å². The van der Waals surface area contributed by atoms with Crippen molar-refractivity contribution >= 4 is 0 Å². The second-order valence-corrected chi connectivity index (χ2v) is 3.00. The molecule has 0 spiro atoms. The van der Waals surface area contributed by atoms with E-state index in [0.717, 1.165) is 0 Å². The van der Waals surface area contributed by atoms with Gasteiger partial charge in [-0.25, -0.2) is 0 Å². The Hall–Kier alpha value is 0. The van der Waals surface area contributed by atoms with Gasteiger partial charge in [-0.15, -0.1) is 0 Å². The van der Waals surface area contributed by atoms with E-state index in [-0.39, 0.29) is 0 Å². The third kappa shape index (κ3) is 161. The average molecular weight is 204 g/mol. The lowest BCUT2D eigenvalue weighted by molar-refractivity contribution is 0.886. The minimum Gasteiger partial charge on any atom is -0.0683 e. The van der Waals surface area contributed by atoms with Gasteiger partial charge in [0.15, 0.2) is 0 Å². The highest BCUT2D eigenvalue weighted by Gasteiger charge is 1.57. The fourth-order valence-electron chi connectivity index (χ4n) is 0. The molecule has 0 aromatic rings. The lowest BCUT2D eigenvalue weighted by atomic mass is 10.4. The van der Waals surface area contributed by atoms with Gasteiger partial charge in [0.2, 0.25) is 0 Å². The van der Waals surface area contributed by atoms with Crippen LogP contribution in [0.1, 0.15) is 93.9 Å². The van der Waals surface area contributed by atoms with E-state index in [0.29, 0.717) is 0 Å². The molecule has 14 heavy (non-hydrogen) atoms. The van der Waals surface area contributed by atoms with Crippen LogP contribution in [0.15, 0.2) is 0 Å². The minimum atomic E-state index is 1.32. The molecule has 0 radical (unpaired) electrons. The molecule has 0 aliphatic heterocycles. The highest BCUT2D eigenvalue weighted by Crippen LogP contribution is 1.77. The summed E-state index contributed by atoms with van der Waals surface area (Å²) in [4.78, 5) is 0. The van der Waals surface area contributed by atoms with E-state index in [1.54, 1.807) is 0 Å². The molecule has 0 amide bonds. The van der Waals surface area contributed by atoms with E-state index in [1.165, 1.54) is 38.5 Å². The summed E-state index contributed by atoms with van der Waals surface area (Å²) in [6, 6.07) is 0. The van der Waals surface area contributed by atoms with Crippen molar-refractivity contribution in [3.8, 4) is 0 Å². The maximum Gasteiger partial charge on any atom is -0.0564 e. The molecule has 0 aliphatic rings. The van der Waals surface area contributed by atoms with Gasteiger partial charge >= 0.3 is 0 Å². The number of unbranched alkanes of at least 4 members (excludes halogenated alkanes) is 3. The first-order valence-corrected chi connectivity index (χ1v) is 6.74. The molecule has 0 aliphatic carbocycles. The Kier molecular flexibility index (Phi) is 87.9. The molecule has 0 bridgehead atoms. The highest BCUT2D eigenvalue weighted by molar-refractivity contribution is 4.13. The van der Waals surface area contributed by atoms with Gasteiger partial charge in [0.1, 0.15) is 0 Å². The third-order valence-corrected chi connectivity index (χ3v) is 1.50. The number of hydrogen-bond donors (Lipinski definition) is 0. The molecule has 0 heteroatoms. The molecule has 0 N–H and O–H groups in total. The minimum absolute atomic E-state index is 1.32. The van der Waals surface area contributed by atoms with Crippen molar-refractivity contribution in [2.24, 2.45) is 0 Å². The quantitative estimate of drug-likeness (QED) is 0.496. The van der Waals surface area contributed by atoms with Crippen LogP contribution in [-0.4, -0.2) is 0 Å². The Morgan fingerprint density at radius 2 is 0.429 bits per heavy atom. The summed E-state index contributed by atoms with van der Waals surface area (Å²) >= 11 is 0. The van der Waals surface area contributed by atoms with Crippen molar-refractivity contribution in [1.82, 2.24) is 0 Å². The van der Waals surface area contributed by atoms with Crippen LogP contribution in [-0.2, 0) is 0 Å². The highest BCUT2D eigenvalue weighted by atomic mass is 13.6. The molecule has 0 aromatic heterocycles. The van der Waals surface area contributed by atoms with Crippen LogP contribution < -0.4 is 0 Å². The fourth-order valence-corrected chi connectivity index (χ4v) is 0. The third-order valence-electron chi connectivity index (χ3n) is 1.50. The molecule has 0 atom stereocenters. The van der Waals surface area contributed by atoms with E-state index in [4.69, 9.17) is 0 Å². The van der Waals surface area contributed by atoms with Crippen molar-refractivity contribution in [1.29, 1.82) is 0 Å². The molecular weight excluding hydrogens is 168 g/mol. The molecule has 0 unspecified atom stereocenters. The average Bonchev–Trinajstić information content (AvgIpc) is 2.31. The van der Waals surface area contributed by atoms with Crippen LogP contribution in [0.4, 0.5) is 0 Å². The van der Waals surface area contributed by atoms with Crippen molar-refractivity contribution in [3.05, 3.63) is 0 Å². The van der Waals surface area contributed by atoms with Crippen molar-refractivity contribution < 1.29 is 0 Å². The first-order chi connectivity index (χ1) is 6.74. The lowest BCUT2D eigenvalue weighted by Gasteiger charge is -1.68. The molecule has 92 valence electrons. The monoisotopic (exact) mass is 204 g/mol. The Morgan fingerprint density at radius 1 is 0.357 bits per heavy atom. The Balaban J connectivity index is -0.0000000492. The fraction of sp³-hybridized carbons (Fsp3) is 1.00. The van der Waals surface area contributed by atoms with Crippen LogP contribution in [0.2, 0.25) is 0 Å². The zero-order valence-corrected chi connectivity index (χ0v) is 12.2. The predicted octanol–water partition coefficient (Wildman–Crippen LogP) is 6.45. The van der Waals surface area contributed by atoms with Crippen LogP contribution in [0.5, 0.6) is 0 Å². The van der Waals surface area contributed by atoms with E-state index in [2.05, 4.69) is 41.5 Å². The topological polar surface area (TPSA) is 0 Å². The maximum atomic E-state index is 2.18. The smallest absolute Gasteiger partial charge is 0.0564 e. The molecule has 0 fully saturated rings. The first-order valence-electron chi connectivity index (χ1n) is 6.74. The van der Waals surface area contributed by atoms with Crippen LogP contribution in [0.3, 0.4) is 0 Å². The molecule has 0 rings (SSSR count). The van der Waals surface area contributed by atoms with Gasteiger partial charge in [0.05, 0.1) is 0 Å². The lowest BCUT2D eigenvalue weighted by Crippen LogP contribution is -1.47. The standard InChI is InChI=1S/3C4H10.C2H6/c3*1-3-4-2;1-2/h3*3-4H2,1-2H3;1-2H3. The Bertz CT molecular complexity index is 15.5. The van der Waals surface area contributed by atoms with Crippen LogP contribution in [0.25, 0.3) is 0 Å². The largest absolute Gasteiger partial charge is 0.0683 e. The summed E-state index contributed by atoms with van der Waals surface area (Å²) in [5.74, 6) is 0.